The number of aromatic nitrogens is 1. The molecule has 0 unspecified atom stereocenters. The van der Waals surface area contributed by atoms with E-state index in [1.54, 1.807) is 44.1 Å². The molecule has 1 fully saturated rings. The van der Waals surface area contributed by atoms with Crippen molar-refractivity contribution in [3.8, 4) is 0 Å². The molecular weight excluding hydrogens is 465 g/mol. The van der Waals surface area contributed by atoms with Gasteiger partial charge in [-0.2, -0.15) is 0 Å². The van der Waals surface area contributed by atoms with Gasteiger partial charge in [-0.1, -0.05) is 74.5 Å². The highest BCUT2D eigenvalue weighted by Gasteiger charge is 2.47. The molecule has 5 nitrogen and oxygen atoms in total. The van der Waals surface area contributed by atoms with Crippen molar-refractivity contribution in [1.29, 1.82) is 0 Å². The average molecular weight is 502 g/mol. The number of likely N-dealkylation sites (N-methyl/N-ethyl adjacent to an activating group) is 1. The SMILES string of the molecule is CC(C)c1ccc([C@H](c2ccccc2)N(C)C(=O)[C@H]2C[C@H](F)CN2C(=O)C(C)(C)c2ccccn2)cc1. The maximum Gasteiger partial charge on any atom is 0.246 e. The Kier molecular flexibility index (Phi) is 7.76. The zero-order valence-corrected chi connectivity index (χ0v) is 22.3. The Hall–Kier alpha value is -3.54. The monoisotopic (exact) mass is 501 g/mol. The number of halogens is 1. The van der Waals surface area contributed by atoms with Crippen LogP contribution in [0.4, 0.5) is 4.39 Å². The van der Waals surface area contributed by atoms with Crippen molar-refractivity contribution in [3.05, 3.63) is 101 Å². The van der Waals surface area contributed by atoms with E-state index in [2.05, 4.69) is 43.1 Å². The number of hydrogen-bond acceptors (Lipinski definition) is 3. The predicted molar refractivity (Wildman–Crippen MR) is 144 cm³/mol. The minimum absolute atomic E-state index is 0.0129. The van der Waals surface area contributed by atoms with Gasteiger partial charge < -0.3 is 9.80 Å². The van der Waals surface area contributed by atoms with Crippen molar-refractivity contribution >= 4 is 11.8 Å². The summed E-state index contributed by atoms with van der Waals surface area (Å²) in [6.07, 6.45) is 0.366. The highest BCUT2D eigenvalue weighted by atomic mass is 19.1. The van der Waals surface area contributed by atoms with E-state index in [9.17, 15) is 14.0 Å². The molecule has 3 aromatic rings. The van der Waals surface area contributed by atoms with Gasteiger partial charge in [0, 0.05) is 19.7 Å². The first-order valence-electron chi connectivity index (χ1n) is 12.9. The Labute approximate surface area is 219 Å². The predicted octanol–water partition coefficient (Wildman–Crippen LogP) is 5.67. The standard InChI is InChI=1S/C31H36FN3O2/c1-21(2)22-14-16-24(17-15-22)28(23-11-7-6-8-12-23)34(5)29(36)26-19-25(32)20-35(26)30(37)31(3,4)27-13-9-10-18-33-27/h6-18,21,25-26,28H,19-20H2,1-5H3/t25-,26+,28-/m0/s1. The molecule has 1 aliphatic rings. The lowest BCUT2D eigenvalue weighted by atomic mass is 9.86. The molecule has 37 heavy (non-hydrogen) atoms. The third kappa shape index (κ3) is 5.43. The van der Waals surface area contributed by atoms with E-state index in [4.69, 9.17) is 0 Å². The van der Waals surface area contributed by atoms with Gasteiger partial charge in [0.15, 0.2) is 0 Å². The van der Waals surface area contributed by atoms with Crippen molar-refractivity contribution < 1.29 is 14.0 Å². The van der Waals surface area contributed by atoms with Crippen LogP contribution in [0.1, 0.15) is 68.5 Å². The summed E-state index contributed by atoms with van der Waals surface area (Å²) in [6, 6.07) is 22.3. The lowest BCUT2D eigenvalue weighted by Gasteiger charge is -2.36. The van der Waals surface area contributed by atoms with E-state index in [-0.39, 0.29) is 30.8 Å². The van der Waals surface area contributed by atoms with Crippen molar-refractivity contribution in [2.24, 2.45) is 0 Å². The second-order valence-electron chi connectivity index (χ2n) is 10.7. The largest absolute Gasteiger partial charge is 0.333 e. The second kappa shape index (κ2) is 10.8. The van der Waals surface area contributed by atoms with E-state index in [0.29, 0.717) is 11.6 Å². The molecule has 0 N–H and O–H groups in total. The number of carbonyl (C=O) groups excluding carboxylic acids is 2. The zero-order valence-electron chi connectivity index (χ0n) is 22.3. The number of alkyl halides is 1. The van der Waals surface area contributed by atoms with E-state index in [0.717, 1.165) is 11.1 Å². The van der Waals surface area contributed by atoms with Gasteiger partial charge in [0.1, 0.15) is 12.2 Å². The summed E-state index contributed by atoms with van der Waals surface area (Å²) in [7, 11) is 1.74. The van der Waals surface area contributed by atoms with Crippen LogP contribution in [0.25, 0.3) is 0 Å². The summed E-state index contributed by atoms with van der Waals surface area (Å²) in [4.78, 5) is 35.1. The lowest BCUT2D eigenvalue weighted by Crippen LogP contribution is -2.52. The summed E-state index contributed by atoms with van der Waals surface area (Å²) in [5.41, 5.74) is 2.74. The first kappa shape index (κ1) is 26.5. The number of pyridine rings is 1. The van der Waals surface area contributed by atoms with E-state index in [1.165, 1.54) is 10.5 Å². The molecule has 2 aromatic carbocycles. The number of carbonyl (C=O) groups is 2. The van der Waals surface area contributed by atoms with Crippen molar-refractivity contribution in [2.45, 2.75) is 63.7 Å². The van der Waals surface area contributed by atoms with Gasteiger partial charge in [0.2, 0.25) is 11.8 Å². The first-order chi connectivity index (χ1) is 17.6. The molecule has 2 heterocycles. The minimum Gasteiger partial charge on any atom is -0.333 e. The van der Waals surface area contributed by atoms with Gasteiger partial charge in [0.25, 0.3) is 0 Å². The first-order valence-corrected chi connectivity index (χ1v) is 12.9. The fourth-order valence-electron chi connectivity index (χ4n) is 5.14. The van der Waals surface area contributed by atoms with Crippen LogP contribution in [0, 0.1) is 0 Å². The molecule has 3 atom stereocenters. The third-order valence-electron chi connectivity index (χ3n) is 7.40. The summed E-state index contributed by atoms with van der Waals surface area (Å²) < 4.78 is 14.8. The fourth-order valence-corrected chi connectivity index (χ4v) is 5.14. The van der Waals surface area contributed by atoms with E-state index < -0.39 is 17.6 Å². The van der Waals surface area contributed by atoms with Crippen molar-refractivity contribution in [2.75, 3.05) is 13.6 Å². The third-order valence-corrected chi connectivity index (χ3v) is 7.40. The van der Waals surface area contributed by atoms with Crippen molar-refractivity contribution in [3.63, 3.8) is 0 Å². The average Bonchev–Trinajstić information content (AvgIpc) is 3.30. The van der Waals surface area contributed by atoms with Crippen LogP contribution in [-0.2, 0) is 15.0 Å². The quantitative estimate of drug-likeness (QED) is 0.419. The summed E-state index contributed by atoms with van der Waals surface area (Å²) >= 11 is 0. The summed E-state index contributed by atoms with van der Waals surface area (Å²) in [5, 5.41) is 0. The molecule has 0 aliphatic carbocycles. The molecule has 4 rings (SSSR count). The highest BCUT2D eigenvalue weighted by Crippen LogP contribution is 2.34. The molecule has 1 aromatic heterocycles. The van der Waals surface area contributed by atoms with E-state index in [1.807, 2.05) is 36.4 Å². The van der Waals surface area contributed by atoms with Gasteiger partial charge in [0.05, 0.1) is 23.7 Å². The molecule has 194 valence electrons. The van der Waals surface area contributed by atoms with Crippen LogP contribution < -0.4 is 0 Å². The second-order valence-corrected chi connectivity index (χ2v) is 10.7. The fraction of sp³-hybridized carbons (Fsp3) is 0.387. The zero-order chi connectivity index (χ0) is 26.7. The number of amides is 2. The number of rotatable bonds is 7. The van der Waals surface area contributed by atoms with Crippen LogP contribution in [0.2, 0.25) is 0 Å². The lowest BCUT2D eigenvalue weighted by molar-refractivity contribution is -0.146. The Morgan fingerprint density at radius 1 is 0.946 bits per heavy atom. The van der Waals surface area contributed by atoms with Crippen LogP contribution in [-0.4, -0.2) is 52.4 Å². The number of benzene rings is 2. The highest BCUT2D eigenvalue weighted by molar-refractivity contribution is 5.93. The molecule has 1 aliphatic heterocycles. The Morgan fingerprint density at radius 2 is 1.54 bits per heavy atom. The molecule has 0 bridgehead atoms. The molecular formula is C31H36FN3O2. The number of likely N-dealkylation sites (tertiary alicyclic amines) is 1. The van der Waals surface area contributed by atoms with Gasteiger partial charge in [-0.25, -0.2) is 4.39 Å². The van der Waals surface area contributed by atoms with Gasteiger partial charge in [-0.05, 0) is 48.6 Å². The van der Waals surface area contributed by atoms with Crippen LogP contribution >= 0.6 is 0 Å². The van der Waals surface area contributed by atoms with Crippen LogP contribution in [0.15, 0.2) is 79.0 Å². The maximum atomic E-state index is 14.8. The number of hydrogen-bond donors (Lipinski definition) is 0. The van der Waals surface area contributed by atoms with Gasteiger partial charge in [-0.15, -0.1) is 0 Å². The maximum absolute atomic E-state index is 14.8. The molecule has 0 spiro atoms. The van der Waals surface area contributed by atoms with Crippen molar-refractivity contribution in [1.82, 2.24) is 14.8 Å². The molecule has 1 saturated heterocycles. The Balaban J connectivity index is 1.66. The van der Waals surface area contributed by atoms with Gasteiger partial charge >= 0.3 is 0 Å². The summed E-state index contributed by atoms with van der Waals surface area (Å²) in [6.45, 7) is 7.74. The molecule has 6 heteroatoms. The van der Waals surface area contributed by atoms with Crippen LogP contribution in [0.3, 0.4) is 0 Å². The normalized spacial score (nSPS) is 18.6. The van der Waals surface area contributed by atoms with Gasteiger partial charge in [-0.3, -0.25) is 14.6 Å². The van der Waals surface area contributed by atoms with E-state index >= 15 is 0 Å². The molecule has 0 radical (unpaired) electrons. The Bertz CT molecular complexity index is 1210. The number of nitrogens with zero attached hydrogens (tertiary/aromatic N) is 3. The van der Waals surface area contributed by atoms with Crippen LogP contribution in [0.5, 0.6) is 0 Å². The topological polar surface area (TPSA) is 53.5 Å². The minimum atomic E-state index is -1.26. The molecule has 0 saturated carbocycles. The Morgan fingerprint density at radius 3 is 2.14 bits per heavy atom. The smallest absolute Gasteiger partial charge is 0.246 e. The summed E-state index contributed by atoms with van der Waals surface area (Å²) in [5.74, 6) is -0.173. The molecule has 2 amide bonds.